The lowest BCUT2D eigenvalue weighted by Crippen LogP contribution is -2.56. The molecule has 40 heavy (non-hydrogen) atoms. The summed E-state index contributed by atoms with van der Waals surface area (Å²) in [7, 11) is 1.17. The Morgan fingerprint density at radius 1 is 1.23 bits per heavy atom. The van der Waals surface area contributed by atoms with Crippen molar-refractivity contribution in [3.05, 3.63) is 71.3 Å². The van der Waals surface area contributed by atoms with Crippen molar-refractivity contribution >= 4 is 24.1 Å². The van der Waals surface area contributed by atoms with Crippen LogP contribution in [0.5, 0.6) is 0 Å². The molecule has 210 valence electrons. The van der Waals surface area contributed by atoms with Crippen LogP contribution in [0.1, 0.15) is 49.8 Å². The number of ether oxygens (including phenoxy) is 1. The van der Waals surface area contributed by atoms with Crippen molar-refractivity contribution < 1.29 is 27.9 Å². The lowest BCUT2D eigenvalue weighted by molar-refractivity contribution is -0.150. The molecular weight excluding hydrogens is 520 g/mol. The minimum absolute atomic E-state index is 0.0381. The van der Waals surface area contributed by atoms with Crippen LogP contribution in [0.4, 0.5) is 13.6 Å². The summed E-state index contributed by atoms with van der Waals surface area (Å²) in [5, 5.41) is 15.4. The van der Waals surface area contributed by atoms with Crippen molar-refractivity contribution in [2.45, 2.75) is 50.1 Å². The third-order valence-corrected chi connectivity index (χ3v) is 7.79. The summed E-state index contributed by atoms with van der Waals surface area (Å²) in [4.78, 5) is 41.9. The number of amides is 3. The average Bonchev–Trinajstić information content (AvgIpc) is 2.97. The predicted molar refractivity (Wildman–Crippen MR) is 142 cm³/mol. The van der Waals surface area contributed by atoms with Gasteiger partial charge in [0.2, 0.25) is 6.41 Å². The van der Waals surface area contributed by atoms with E-state index < -0.39 is 41.0 Å². The highest BCUT2D eigenvalue weighted by Gasteiger charge is 2.45. The van der Waals surface area contributed by atoms with Gasteiger partial charge in [0.05, 0.1) is 31.2 Å². The second-order valence-electron chi connectivity index (χ2n) is 10.1. The summed E-state index contributed by atoms with van der Waals surface area (Å²) in [5.41, 5.74) is 0.711. The number of halogens is 2. The Morgan fingerprint density at radius 2 is 1.93 bits per heavy atom. The van der Waals surface area contributed by atoms with Gasteiger partial charge in [-0.2, -0.15) is 5.26 Å². The normalized spacial score (nSPS) is 24.6. The zero-order valence-corrected chi connectivity index (χ0v) is 22.3. The van der Waals surface area contributed by atoms with Gasteiger partial charge in [0, 0.05) is 18.3 Å². The lowest BCUT2D eigenvalue weighted by Gasteiger charge is -2.42. The van der Waals surface area contributed by atoms with Gasteiger partial charge in [-0.3, -0.25) is 14.6 Å². The molecule has 1 aliphatic heterocycles. The first kappa shape index (κ1) is 28.8. The molecule has 9 nitrogen and oxygen atoms in total. The molecule has 0 aromatic heterocycles. The van der Waals surface area contributed by atoms with Gasteiger partial charge in [-0.25, -0.2) is 23.6 Å². The van der Waals surface area contributed by atoms with E-state index in [4.69, 9.17) is 4.74 Å². The Hall–Kier alpha value is -4.17. The quantitative estimate of drug-likeness (QED) is 0.371. The van der Waals surface area contributed by atoms with E-state index in [9.17, 15) is 28.4 Å². The number of aliphatic imine (C=N–C) groups is 1. The zero-order chi connectivity index (χ0) is 28.9. The SMILES string of the molecule is COC(=O)C1C(C)=NC(=O)N(N(C=O)CCNC2CCC(C#N)(c3ccccc3)CC2)C1c1ccc(F)c(F)c1. The van der Waals surface area contributed by atoms with Crippen LogP contribution in [-0.4, -0.2) is 60.4 Å². The molecule has 1 N–H and O–H groups in total. The zero-order valence-electron chi connectivity index (χ0n) is 22.3. The maximum Gasteiger partial charge on any atom is 0.362 e. The standard InChI is InChI=1S/C29H31F2N5O4/c1-19-25(27(38)40-2)26(20-8-9-23(30)24(31)16-20)36(28(39)34-19)35(18-37)15-14-33-22-10-12-29(17-32,13-11-22)21-6-4-3-5-7-21/h3-9,16,18,22,25-26,33H,10-15H2,1-2H3. The molecule has 4 rings (SSSR count). The summed E-state index contributed by atoms with van der Waals surface area (Å²) in [5.74, 6) is -4.12. The number of carbonyl (C=O) groups is 3. The first-order valence-electron chi connectivity index (χ1n) is 13.1. The first-order valence-corrected chi connectivity index (χ1v) is 13.1. The molecule has 1 heterocycles. The van der Waals surface area contributed by atoms with Crippen LogP contribution in [-0.2, 0) is 19.7 Å². The molecule has 1 fully saturated rings. The summed E-state index contributed by atoms with van der Waals surface area (Å²) < 4.78 is 32.8. The molecule has 2 aromatic rings. The minimum Gasteiger partial charge on any atom is -0.468 e. The van der Waals surface area contributed by atoms with E-state index in [1.54, 1.807) is 0 Å². The van der Waals surface area contributed by atoms with E-state index in [0.717, 1.165) is 40.6 Å². The number of rotatable bonds is 9. The van der Waals surface area contributed by atoms with Crippen molar-refractivity contribution in [2.75, 3.05) is 20.2 Å². The number of nitrogens with zero attached hydrogens (tertiary/aromatic N) is 4. The molecule has 2 unspecified atom stereocenters. The van der Waals surface area contributed by atoms with Crippen LogP contribution in [0, 0.1) is 28.9 Å². The minimum atomic E-state index is -1.19. The van der Waals surface area contributed by atoms with E-state index in [-0.39, 0.29) is 23.9 Å². The summed E-state index contributed by atoms with van der Waals surface area (Å²) in [6, 6.07) is 13.4. The van der Waals surface area contributed by atoms with E-state index in [1.165, 1.54) is 20.1 Å². The number of esters is 1. The van der Waals surface area contributed by atoms with Crippen LogP contribution >= 0.6 is 0 Å². The molecule has 1 aliphatic carbocycles. The second kappa shape index (κ2) is 12.3. The molecule has 2 atom stereocenters. The maximum absolute atomic E-state index is 14.2. The van der Waals surface area contributed by atoms with Crippen molar-refractivity contribution in [3.8, 4) is 6.07 Å². The third kappa shape index (κ3) is 5.72. The number of benzene rings is 2. The number of hydrazine groups is 1. The molecule has 1 saturated carbocycles. The van der Waals surface area contributed by atoms with E-state index >= 15 is 0 Å². The summed E-state index contributed by atoms with van der Waals surface area (Å²) in [6.07, 6.45) is 3.30. The largest absolute Gasteiger partial charge is 0.468 e. The number of methoxy groups -OCH3 is 1. The average molecular weight is 552 g/mol. The molecule has 0 saturated heterocycles. The molecule has 2 aliphatic rings. The smallest absolute Gasteiger partial charge is 0.362 e. The van der Waals surface area contributed by atoms with Crippen LogP contribution in [0.15, 0.2) is 53.5 Å². The third-order valence-electron chi connectivity index (χ3n) is 7.79. The molecule has 0 radical (unpaired) electrons. The molecule has 0 bridgehead atoms. The van der Waals surface area contributed by atoms with Gasteiger partial charge in [-0.15, -0.1) is 0 Å². The first-order chi connectivity index (χ1) is 19.2. The number of carbonyl (C=O) groups excluding carboxylic acids is 3. The van der Waals surface area contributed by atoms with Crippen LogP contribution in [0.25, 0.3) is 0 Å². The fourth-order valence-corrected chi connectivity index (χ4v) is 5.62. The maximum atomic E-state index is 14.2. The molecule has 0 spiro atoms. The van der Waals surface area contributed by atoms with Crippen molar-refractivity contribution in [1.29, 1.82) is 5.26 Å². The molecular formula is C29H31F2N5O4. The van der Waals surface area contributed by atoms with Gasteiger partial charge in [-0.05, 0) is 55.9 Å². The fourth-order valence-electron chi connectivity index (χ4n) is 5.62. The van der Waals surface area contributed by atoms with E-state index in [1.807, 2.05) is 30.3 Å². The van der Waals surface area contributed by atoms with Gasteiger partial charge in [0.15, 0.2) is 11.6 Å². The molecule has 3 amide bonds. The van der Waals surface area contributed by atoms with Crippen molar-refractivity contribution in [1.82, 2.24) is 15.3 Å². The highest BCUT2D eigenvalue weighted by atomic mass is 19.2. The summed E-state index contributed by atoms with van der Waals surface area (Å²) in [6.45, 7) is 1.81. The molecule has 2 aromatic carbocycles. The van der Waals surface area contributed by atoms with Gasteiger partial charge in [0.1, 0.15) is 5.92 Å². The Labute approximate surface area is 231 Å². The number of nitriles is 1. The van der Waals surface area contributed by atoms with Gasteiger partial charge in [-0.1, -0.05) is 36.4 Å². The highest BCUT2D eigenvalue weighted by molar-refractivity contribution is 6.08. The van der Waals surface area contributed by atoms with Crippen LogP contribution in [0.3, 0.4) is 0 Å². The Morgan fingerprint density at radius 3 is 2.52 bits per heavy atom. The Balaban J connectivity index is 1.49. The number of nitrogens with one attached hydrogen (secondary N) is 1. The lowest BCUT2D eigenvalue weighted by atomic mass is 9.69. The monoisotopic (exact) mass is 551 g/mol. The highest BCUT2D eigenvalue weighted by Crippen LogP contribution is 2.39. The fraction of sp³-hybridized carbons (Fsp3) is 0.414. The number of hydrogen-bond donors (Lipinski definition) is 1. The topological polar surface area (TPSA) is 115 Å². The van der Waals surface area contributed by atoms with Crippen LogP contribution < -0.4 is 5.32 Å². The second-order valence-corrected chi connectivity index (χ2v) is 10.1. The van der Waals surface area contributed by atoms with Gasteiger partial charge < -0.3 is 10.1 Å². The van der Waals surface area contributed by atoms with E-state index in [2.05, 4.69) is 16.4 Å². The Bertz CT molecular complexity index is 1320. The van der Waals surface area contributed by atoms with Crippen molar-refractivity contribution in [2.24, 2.45) is 10.9 Å². The van der Waals surface area contributed by atoms with Crippen molar-refractivity contribution in [3.63, 3.8) is 0 Å². The van der Waals surface area contributed by atoms with Gasteiger partial charge >= 0.3 is 12.0 Å². The predicted octanol–water partition coefficient (Wildman–Crippen LogP) is 4.06. The van der Waals surface area contributed by atoms with Crippen LogP contribution in [0.2, 0.25) is 0 Å². The Kier molecular flexibility index (Phi) is 8.90. The number of urea groups is 1. The summed E-state index contributed by atoms with van der Waals surface area (Å²) >= 11 is 0. The number of hydrogen-bond acceptors (Lipinski definition) is 6. The van der Waals surface area contributed by atoms with E-state index in [0.29, 0.717) is 25.8 Å². The van der Waals surface area contributed by atoms with Gasteiger partial charge in [0.25, 0.3) is 0 Å². The molecule has 11 heteroatoms.